The maximum Gasteiger partial charge on any atom is 0.0706 e. The van der Waals surface area contributed by atoms with Crippen molar-refractivity contribution in [3.8, 4) is 0 Å². The highest BCUT2D eigenvalue weighted by molar-refractivity contribution is 5.27. The van der Waals surface area contributed by atoms with Crippen molar-refractivity contribution in [2.75, 3.05) is 0 Å². The molecular weight excluding hydrogens is 172 g/mol. The van der Waals surface area contributed by atoms with Crippen molar-refractivity contribution in [3.05, 3.63) is 59.9 Å². The van der Waals surface area contributed by atoms with Crippen LogP contribution in [0.25, 0.3) is 0 Å². The molecule has 14 heavy (non-hydrogen) atoms. The molecule has 0 saturated heterocycles. The van der Waals surface area contributed by atoms with Gasteiger partial charge in [-0.25, -0.2) is 0 Å². The first-order valence-corrected chi connectivity index (χ1v) is 4.71. The third-order valence-corrected chi connectivity index (χ3v) is 2.46. The van der Waals surface area contributed by atoms with E-state index >= 15 is 0 Å². The summed E-state index contributed by atoms with van der Waals surface area (Å²) in [5.41, 5.74) is 8.42. The van der Waals surface area contributed by atoms with Gasteiger partial charge >= 0.3 is 0 Å². The van der Waals surface area contributed by atoms with Crippen LogP contribution in [0.5, 0.6) is 0 Å². The molecule has 2 aromatic rings. The van der Waals surface area contributed by atoms with Crippen LogP contribution in [0.3, 0.4) is 0 Å². The molecule has 1 aromatic carbocycles. The van der Waals surface area contributed by atoms with Crippen LogP contribution in [0.4, 0.5) is 0 Å². The molecule has 0 bridgehead atoms. The summed E-state index contributed by atoms with van der Waals surface area (Å²) >= 11 is 0. The van der Waals surface area contributed by atoms with Crippen LogP contribution in [0, 0.1) is 0 Å². The molecule has 2 nitrogen and oxygen atoms in total. The molecule has 0 amide bonds. The molecule has 2 rings (SSSR count). The molecule has 0 saturated carbocycles. The number of nitrogens with two attached hydrogens (primary N) is 1. The summed E-state index contributed by atoms with van der Waals surface area (Å²) in [6.07, 6.45) is 2.01. The van der Waals surface area contributed by atoms with Gasteiger partial charge < -0.3 is 10.3 Å². The predicted octanol–water partition coefficient (Wildman–Crippen LogP) is 2.07. The van der Waals surface area contributed by atoms with Crippen molar-refractivity contribution in [1.29, 1.82) is 0 Å². The third kappa shape index (κ3) is 1.56. The topological polar surface area (TPSA) is 30.9 Å². The summed E-state index contributed by atoms with van der Waals surface area (Å²) in [7, 11) is 2.01. The zero-order chi connectivity index (χ0) is 9.97. The van der Waals surface area contributed by atoms with Crippen LogP contribution in [-0.4, -0.2) is 4.57 Å². The van der Waals surface area contributed by atoms with E-state index in [1.165, 1.54) is 0 Å². The Bertz CT molecular complexity index is 403. The van der Waals surface area contributed by atoms with Crippen LogP contribution in [0.1, 0.15) is 17.3 Å². The fraction of sp³-hybridized carbons (Fsp3) is 0.167. The Balaban J connectivity index is 2.34. The second-order valence-corrected chi connectivity index (χ2v) is 3.43. The lowest BCUT2D eigenvalue weighted by Crippen LogP contribution is -2.14. The first-order valence-electron chi connectivity index (χ1n) is 4.71. The van der Waals surface area contributed by atoms with Gasteiger partial charge in [-0.1, -0.05) is 30.3 Å². The SMILES string of the molecule is Cn1cccc1C(N)c1ccccc1. The van der Waals surface area contributed by atoms with E-state index in [9.17, 15) is 0 Å². The Morgan fingerprint density at radius 1 is 1.07 bits per heavy atom. The fourth-order valence-corrected chi connectivity index (χ4v) is 1.63. The highest BCUT2D eigenvalue weighted by atomic mass is 14.9. The Hall–Kier alpha value is -1.54. The zero-order valence-electron chi connectivity index (χ0n) is 8.22. The smallest absolute Gasteiger partial charge is 0.0706 e. The number of hydrogen-bond donors (Lipinski definition) is 1. The van der Waals surface area contributed by atoms with Crippen LogP contribution in [-0.2, 0) is 7.05 Å². The largest absolute Gasteiger partial charge is 0.353 e. The summed E-state index contributed by atoms with van der Waals surface area (Å²) in [4.78, 5) is 0. The maximum absolute atomic E-state index is 6.14. The van der Waals surface area contributed by atoms with Crippen molar-refractivity contribution in [2.24, 2.45) is 12.8 Å². The lowest BCUT2D eigenvalue weighted by molar-refractivity contribution is 0.747. The standard InChI is InChI=1S/C12H14N2/c1-14-9-5-8-11(14)12(13)10-6-3-2-4-7-10/h2-9,12H,13H2,1H3. The molecular formula is C12H14N2. The van der Waals surface area contributed by atoms with Gasteiger partial charge in [0.15, 0.2) is 0 Å². The number of aryl methyl sites for hydroxylation is 1. The number of rotatable bonds is 2. The summed E-state index contributed by atoms with van der Waals surface area (Å²) in [5, 5.41) is 0. The molecule has 0 radical (unpaired) electrons. The summed E-state index contributed by atoms with van der Waals surface area (Å²) in [6.45, 7) is 0. The number of aromatic nitrogens is 1. The first-order chi connectivity index (χ1) is 6.79. The Morgan fingerprint density at radius 2 is 1.79 bits per heavy atom. The van der Waals surface area contributed by atoms with E-state index in [0.29, 0.717) is 0 Å². The van der Waals surface area contributed by atoms with Crippen LogP contribution in [0.2, 0.25) is 0 Å². The van der Waals surface area contributed by atoms with Gasteiger partial charge in [0, 0.05) is 18.9 Å². The molecule has 1 atom stereocenters. The molecule has 0 fully saturated rings. The highest BCUT2D eigenvalue weighted by Gasteiger charge is 2.10. The highest BCUT2D eigenvalue weighted by Crippen LogP contribution is 2.18. The van der Waals surface area contributed by atoms with Crippen molar-refractivity contribution >= 4 is 0 Å². The Kier molecular flexibility index (Phi) is 2.37. The molecule has 0 aliphatic carbocycles. The lowest BCUT2D eigenvalue weighted by Gasteiger charge is -2.12. The van der Waals surface area contributed by atoms with Crippen molar-refractivity contribution in [3.63, 3.8) is 0 Å². The minimum absolute atomic E-state index is 0.0313. The van der Waals surface area contributed by atoms with Gasteiger partial charge in [-0.05, 0) is 17.7 Å². The van der Waals surface area contributed by atoms with Crippen LogP contribution < -0.4 is 5.73 Å². The lowest BCUT2D eigenvalue weighted by atomic mass is 10.1. The minimum Gasteiger partial charge on any atom is -0.353 e. The van der Waals surface area contributed by atoms with Crippen LogP contribution >= 0.6 is 0 Å². The van der Waals surface area contributed by atoms with Gasteiger partial charge in [0.2, 0.25) is 0 Å². The van der Waals surface area contributed by atoms with E-state index < -0.39 is 0 Å². The van der Waals surface area contributed by atoms with Gasteiger partial charge in [-0.3, -0.25) is 0 Å². The van der Waals surface area contributed by atoms with E-state index in [0.717, 1.165) is 11.3 Å². The van der Waals surface area contributed by atoms with Crippen molar-refractivity contribution in [1.82, 2.24) is 4.57 Å². The van der Waals surface area contributed by atoms with E-state index in [4.69, 9.17) is 5.73 Å². The van der Waals surface area contributed by atoms with E-state index in [2.05, 4.69) is 22.8 Å². The van der Waals surface area contributed by atoms with Crippen LogP contribution in [0.15, 0.2) is 48.7 Å². The van der Waals surface area contributed by atoms with Gasteiger partial charge in [0.05, 0.1) is 6.04 Å². The summed E-state index contributed by atoms with van der Waals surface area (Å²) in [5.74, 6) is 0. The van der Waals surface area contributed by atoms with Gasteiger partial charge in [0.25, 0.3) is 0 Å². The van der Waals surface area contributed by atoms with Crippen molar-refractivity contribution in [2.45, 2.75) is 6.04 Å². The minimum atomic E-state index is -0.0313. The van der Waals surface area contributed by atoms with E-state index in [1.807, 2.05) is 37.5 Å². The average molecular weight is 186 g/mol. The quantitative estimate of drug-likeness (QED) is 0.764. The van der Waals surface area contributed by atoms with Gasteiger partial charge in [-0.2, -0.15) is 0 Å². The van der Waals surface area contributed by atoms with Gasteiger partial charge in [0.1, 0.15) is 0 Å². The number of hydrogen-bond acceptors (Lipinski definition) is 1. The summed E-state index contributed by atoms with van der Waals surface area (Å²) in [6, 6.07) is 14.2. The zero-order valence-corrected chi connectivity index (χ0v) is 8.22. The molecule has 0 aliphatic heterocycles. The average Bonchev–Trinajstić information content (AvgIpc) is 2.65. The third-order valence-electron chi connectivity index (χ3n) is 2.46. The Labute approximate surface area is 84.0 Å². The molecule has 0 spiro atoms. The van der Waals surface area contributed by atoms with Crippen molar-refractivity contribution < 1.29 is 0 Å². The number of nitrogens with zero attached hydrogens (tertiary/aromatic N) is 1. The molecule has 1 heterocycles. The fourth-order valence-electron chi connectivity index (χ4n) is 1.63. The monoisotopic (exact) mass is 186 g/mol. The molecule has 1 aromatic heterocycles. The molecule has 2 heteroatoms. The molecule has 2 N–H and O–H groups in total. The van der Waals surface area contributed by atoms with E-state index in [1.54, 1.807) is 0 Å². The summed E-state index contributed by atoms with van der Waals surface area (Å²) < 4.78 is 2.05. The molecule has 1 unspecified atom stereocenters. The first kappa shape index (κ1) is 9.03. The van der Waals surface area contributed by atoms with E-state index in [-0.39, 0.29) is 6.04 Å². The number of benzene rings is 1. The van der Waals surface area contributed by atoms with Gasteiger partial charge in [-0.15, -0.1) is 0 Å². The Morgan fingerprint density at radius 3 is 2.36 bits per heavy atom. The molecule has 0 aliphatic rings. The second kappa shape index (κ2) is 3.68. The molecule has 72 valence electrons. The second-order valence-electron chi connectivity index (χ2n) is 3.43. The maximum atomic E-state index is 6.14. The normalized spacial score (nSPS) is 12.7. The predicted molar refractivity (Wildman–Crippen MR) is 57.9 cm³/mol.